The van der Waals surface area contributed by atoms with E-state index in [9.17, 15) is 4.79 Å². The van der Waals surface area contributed by atoms with Crippen LogP contribution in [0.4, 0.5) is 0 Å². The van der Waals surface area contributed by atoms with Gasteiger partial charge < -0.3 is 9.64 Å². The monoisotopic (exact) mass is 287 g/mol. The summed E-state index contributed by atoms with van der Waals surface area (Å²) in [5.74, 6) is 1.02. The molecule has 3 heteroatoms. The van der Waals surface area contributed by atoms with Gasteiger partial charge in [-0.15, -0.1) is 0 Å². The standard InChI is InChI=1S/C18H25NO2/c1-5-19(6-2)18(20)13(3)16-9-7-8-14-10-11-15(21-4)12-17(14)16/h10-12H,5-9H2,1-4H3/b16-13+. The first-order valence-corrected chi connectivity index (χ1v) is 7.78. The lowest BCUT2D eigenvalue weighted by Crippen LogP contribution is -2.31. The summed E-state index contributed by atoms with van der Waals surface area (Å²) in [5, 5.41) is 0. The average molecular weight is 287 g/mol. The van der Waals surface area contributed by atoms with Crippen LogP contribution in [0.2, 0.25) is 0 Å². The smallest absolute Gasteiger partial charge is 0.249 e. The van der Waals surface area contributed by atoms with Gasteiger partial charge in [0.15, 0.2) is 0 Å². The third-order valence-electron chi connectivity index (χ3n) is 4.34. The fourth-order valence-corrected chi connectivity index (χ4v) is 3.04. The molecule has 0 atom stereocenters. The molecule has 1 aromatic rings. The molecule has 2 rings (SSSR count). The minimum absolute atomic E-state index is 0.158. The van der Waals surface area contributed by atoms with E-state index in [4.69, 9.17) is 4.74 Å². The topological polar surface area (TPSA) is 29.5 Å². The van der Waals surface area contributed by atoms with Crippen LogP contribution in [0, 0.1) is 0 Å². The first-order chi connectivity index (χ1) is 10.1. The zero-order valence-electron chi connectivity index (χ0n) is 13.5. The fraction of sp³-hybridized carbons (Fsp3) is 0.500. The predicted octanol–water partition coefficient (Wildman–Crippen LogP) is 3.67. The summed E-state index contributed by atoms with van der Waals surface area (Å²) < 4.78 is 5.34. The van der Waals surface area contributed by atoms with Crippen molar-refractivity contribution >= 4 is 11.5 Å². The molecule has 1 aromatic carbocycles. The molecule has 0 saturated heterocycles. The van der Waals surface area contributed by atoms with E-state index in [1.54, 1.807) is 7.11 Å². The number of nitrogens with zero attached hydrogens (tertiary/aromatic N) is 1. The molecule has 114 valence electrons. The van der Waals surface area contributed by atoms with Gasteiger partial charge in [0.25, 0.3) is 0 Å². The third kappa shape index (κ3) is 3.12. The lowest BCUT2D eigenvalue weighted by Gasteiger charge is -2.25. The number of benzene rings is 1. The Balaban J connectivity index is 2.46. The predicted molar refractivity (Wildman–Crippen MR) is 86.5 cm³/mol. The largest absolute Gasteiger partial charge is 0.497 e. The molecule has 1 amide bonds. The summed E-state index contributed by atoms with van der Waals surface area (Å²) >= 11 is 0. The van der Waals surface area contributed by atoms with Crippen molar-refractivity contribution in [1.82, 2.24) is 4.90 Å². The maximum atomic E-state index is 12.6. The van der Waals surface area contributed by atoms with Crippen LogP contribution in [0.1, 0.15) is 44.7 Å². The van der Waals surface area contributed by atoms with Gasteiger partial charge in [-0.05, 0) is 68.9 Å². The van der Waals surface area contributed by atoms with Crippen molar-refractivity contribution < 1.29 is 9.53 Å². The van der Waals surface area contributed by atoms with Crippen LogP contribution in [0.15, 0.2) is 23.8 Å². The zero-order valence-corrected chi connectivity index (χ0v) is 13.5. The van der Waals surface area contributed by atoms with Crippen molar-refractivity contribution in [3.05, 3.63) is 34.9 Å². The number of aryl methyl sites for hydroxylation is 1. The molecule has 1 aliphatic carbocycles. The van der Waals surface area contributed by atoms with E-state index in [0.29, 0.717) is 0 Å². The second-order valence-corrected chi connectivity index (χ2v) is 5.46. The molecule has 0 aromatic heterocycles. The number of rotatable bonds is 4. The number of amides is 1. The minimum Gasteiger partial charge on any atom is -0.497 e. The summed E-state index contributed by atoms with van der Waals surface area (Å²) in [6, 6.07) is 6.20. The van der Waals surface area contributed by atoms with Gasteiger partial charge in [-0.3, -0.25) is 4.79 Å². The van der Waals surface area contributed by atoms with Crippen LogP contribution in [0.5, 0.6) is 5.75 Å². The summed E-state index contributed by atoms with van der Waals surface area (Å²) in [6.07, 6.45) is 3.16. The lowest BCUT2D eigenvalue weighted by molar-refractivity contribution is -0.126. The van der Waals surface area contributed by atoms with Gasteiger partial charge in [0.1, 0.15) is 5.75 Å². The number of likely N-dealkylation sites (N-methyl/N-ethyl adjacent to an activating group) is 1. The molecule has 3 nitrogen and oxygen atoms in total. The zero-order chi connectivity index (χ0) is 15.4. The Morgan fingerprint density at radius 1 is 1.24 bits per heavy atom. The van der Waals surface area contributed by atoms with Crippen LogP contribution < -0.4 is 4.74 Å². The number of carbonyl (C=O) groups is 1. The second kappa shape index (κ2) is 6.79. The van der Waals surface area contributed by atoms with E-state index in [1.807, 2.05) is 31.7 Å². The van der Waals surface area contributed by atoms with E-state index in [0.717, 1.165) is 43.7 Å². The highest BCUT2D eigenvalue weighted by molar-refractivity contribution is 6.01. The maximum absolute atomic E-state index is 12.6. The third-order valence-corrected chi connectivity index (χ3v) is 4.34. The molecule has 0 N–H and O–H groups in total. The van der Waals surface area contributed by atoms with E-state index in [1.165, 1.54) is 16.7 Å². The number of hydrogen-bond acceptors (Lipinski definition) is 2. The van der Waals surface area contributed by atoms with Crippen LogP contribution in [-0.2, 0) is 11.2 Å². The van der Waals surface area contributed by atoms with Crippen LogP contribution in [0.3, 0.4) is 0 Å². The van der Waals surface area contributed by atoms with E-state index < -0.39 is 0 Å². The molecule has 1 aliphatic rings. The van der Waals surface area contributed by atoms with E-state index >= 15 is 0 Å². The Bertz CT molecular complexity index is 556. The highest BCUT2D eigenvalue weighted by atomic mass is 16.5. The molecule has 0 saturated carbocycles. The quantitative estimate of drug-likeness (QED) is 0.791. The molecule has 0 fully saturated rings. The van der Waals surface area contributed by atoms with Gasteiger partial charge in [-0.2, -0.15) is 0 Å². The molecule has 0 aliphatic heterocycles. The van der Waals surface area contributed by atoms with Crippen molar-refractivity contribution in [1.29, 1.82) is 0 Å². The molecule has 0 heterocycles. The molecule has 0 spiro atoms. The molecular formula is C18H25NO2. The number of fused-ring (bicyclic) bond motifs is 1. The van der Waals surface area contributed by atoms with Crippen molar-refractivity contribution in [3.63, 3.8) is 0 Å². The fourth-order valence-electron chi connectivity index (χ4n) is 3.04. The minimum atomic E-state index is 0.158. The molecule has 0 bridgehead atoms. The molecular weight excluding hydrogens is 262 g/mol. The average Bonchev–Trinajstić information content (AvgIpc) is 2.54. The molecule has 0 radical (unpaired) electrons. The second-order valence-electron chi connectivity index (χ2n) is 5.46. The molecule has 21 heavy (non-hydrogen) atoms. The Morgan fingerprint density at radius 2 is 1.95 bits per heavy atom. The highest BCUT2D eigenvalue weighted by Gasteiger charge is 2.21. The highest BCUT2D eigenvalue weighted by Crippen LogP contribution is 2.35. The van der Waals surface area contributed by atoms with Gasteiger partial charge in [-0.25, -0.2) is 0 Å². The Kier molecular flexibility index (Phi) is 5.05. The van der Waals surface area contributed by atoms with Gasteiger partial charge >= 0.3 is 0 Å². The van der Waals surface area contributed by atoms with Crippen molar-refractivity contribution in [2.45, 2.75) is 40.0 Å². The number of ether oxygens (including phenoxy) is 1. The van der Waals surface area contributed by atoms with Crippen LogP contribution in [0.25, 0.3) is 5.57 Å². The van der Waals surface area contributed by atoms with Gasteiger partial charge in [0.2, 0.25) is 5.91 Å². The Labute approximate surface area is 127 Å². The van der Waals surface area contributed by atoms with E-state index in [-0.39, 0.29) is 5.91 Å². The number of allylic oxidation sites excluding steroid dienone is 1. The Hall–Kier alpha value is -1.77. The van der Waals surface area contributed by atoms with Gasteiger partial charge in [-0.1, -0.05) is 6.07 Å². The Morgan fingerprint density at radius 3 is 2.57 bits per heavy atom. The normalized spacial score (nSPS) is 16.2. The number of hydrogen-bond donors (Lipinski definition) is 0. The van der Waals surface area contributed by atoms with Gasteiger partial charge in [0, 0.05) is 18.7 Å². The number of methoxy groups -OCH3 is 1. The van der Waals surface area contributed by atoms with Crippen molar-refractivity contribution in [2.24, 2.45) is 0 Å². The first-order valence-electron chi connectivity index (χ1n) is 7.78. The summed E-state index contributed by atoms with van der Waals surface area (Å²) in [4.78, 5) is 14.5. The lowest BCUT2D eigenvalue weighted by atomic mass is 9.84. The SMILES string of the molecule is CCN(CC)C(=O)/C(C)=C1\CCCc2ccc(OC)cc21. The first kappa shape index (κ1) is 15.6. The van der Waals surface area contributed by atoms with Crippen LogP contribution >= 0.6 is 0 Å². The van der Waals surface area contributed by atoms with Crippen molar-refractivity contribution in [2.75, 3.05) is 20.2 Å². The summed E-state index contributed by atoms with van der Waals surface area (Å²) in [5.41, 5.74) is 4.59. The van der Waals surface area contributed by atoms with Crippen LogP contribution in [-0.4, -0.2) is 31.0 Å². The molecule has 0 unspecified atom stereocenters. The number of carbonyl (C=O) groups excluding carboxylic acids is 1. The van der Waals surface area contributed by atoms with Crippen molar-refractivity contribution in [3.8, 4) is 5.75 Å². The summed E-state index contributed by atoms with van der Waals surface area (Å²) in [7, 11) is 1.68. The van der Waals surface area contributed by atoms with E-state index in [2.05, 4.69) is 12.1 Å². The summed E-state index contributed by atoms with van der Waals surface area (Å²) in [6.45, 7) is 7.52. The maximum Gasteiger partial charge on any atom is 0.249 e. The van der Waals surface area contributed by atoms with Gasteiger partial charge in [0.05, 0.1) is 7.11 Å².